The summed E-state index contributed by atoms with van der Waals surface area (Å²) in [6.45, 7) is 0.497. The fourth-order valence-electron chi connectivity index (χ4n) is 1.72. The van der Waals surface area contributed by atoms with E-state index in [1.807, 2.05) is 30.3 Å². The zero-order valence-corrected chi connectivity index (χ0v) is 10.8. The Hall–Kier alpha value is -1.49. The average molecular weight is 264 g/mol. The van der Waals surface area contributed by atoms with Crippen LogP contribution >= 0.6 is 11.8 Å². The first kappa shape index (κ1) is 13.0. The number of carbonyl (C=O) groups is 2. The Morgan fingerprint density at radius 2 is 2.17 bits per heavy atom. The molecule has 1 atom stereocenters. The molecule has 4 nitrogen and oxygen atoms in total. The molecule has 1 heterocycles. The maximum atomic E-state index is 11.9. The molecule has 1 saturated heterocycles. The van der Waals surface area contributed by atoms with Crippen LogP contribution in [0.3, 0.4) is 0 Å². The third kappa shape index (κ3) is 3.77. The van der Waals surface area contributed by atoms with Gasteiger partial charge in [0, 0.05) is 24.5 Å². The molecule has 0 aromatic heterocycles. The van der Waals surface area contributed by atoms with Crippen LogP contribution in [0.15, 0.2) is 30.3 Å². The fourth-order valence-corrected chi connectivity index (χ4v) is 2.69. The summed E-state index contributed by atoms with van der Waals surface area (Å²) in [6.07, 6.45) is 0.493. The second-order valence-corrected chi connectivity index (χ2v) is 5.30. The van der Waals surface area contributed by atoms with Gasteiger partial charge in [-0.3, -0.25) is 9.59 Å². The van der Waals surface area contributed by atoms with E-state index in [9.17, 15) is 9.59 Å². The lowest BCUT2D eigenvalue weighted by atomic mass is 10.2. The van der Waals surface area contributed by atoms with Crippen molar-refractivity contribution in [1.82, 2.24) is 10.6 Å². The first-order valence-corrected chi connectivity index (χ1v) is 7.10. The molecule has 5 heteroatoms. The lowest BCUT2D eigenvalue weighted by Gasteiger charge is -2.15. The highest BCUT2D eigenvalue weighted by atomic mass is 32.2. The van der Waals surface area contributed by atoms with Gasteiger partial charge in [0.15, 0.2) is 0 Å². The van der Waals surface area contributed by atoms with Crippen molar-refractivity contribution in [2.75, 3.05) is 11.5 Å². The largest absolute Gasteiger partial charge is 0.350 e. The van der Waals surface area contributed by atoms with Crippen molar-refractivity contribution < 1.29 is 9.59 Å². The molecule has 1 aliphatic heterocycles. The molecular weight excluding hydrogens is 248 g/mol. The summed E-state index contributed by atoms with van der Waals surface area (Å²) in [6, 6.07) is 9.32. The Bertz CT molecular complexity index is 422. The Morgan fingerprint density at radius 3 is 2.94 bits per heavy atom. The zero-order valence-electron chi connectivity index (χ0n) is 10.0. The molecule has 0 spiro atoms. The highest BCUT2D eigenvalue weighted by molar-refractivity contribution is 7.99. The van der Waals surface area contributed by atoms with E-state index in [1.165, 1.54) is 0 Å². The predicted octanol–water partition coefficient (Wildman–Crippen LogP) is 0.924. The van der Waals surface area contributed by atoms with Gasteiger partial charge in [0.05, 0.1) is 0 Å². The summed E-state index contributed by atoms with van der Waals surface area (Å²) in [4.78, 5) is 23.3. The van der Waals surface area contributed by atoms with Crippen molar-refractivity contribution in [1.29, 1.82) is 0 Å². The monoisotopic (exact) mass is 264 g/mol. The summed E-state index contributed by atoms with van der Waals surface area (Å²) in [5, 5.41) is 5.59. The summed E-state index contributed by atoms with van der Waals surface area (Å²) in [7, 11) is 0. The van der Waals surface area contributed by atoms with E-state index in [0.29, 0.717) is 18.7 Å². The molecule has 1 aromatic carbocycles. The van der Waals surface area contributed by atoms with Gasteiger partial charge in [-0.05, 0) is 5.56 Å². The number of carbonyl (C=O) groups excluding carboxylic acids is 2. The van der Waals surface area contributed by atoms with Crippen molar-refractivity contribution in [2.45, 2.75) is 19.0 Å². The number of thioether (sulfide) groups is 1. The Labute approximate surface area is 111 Å². The van der Waals surface area contributed by atoms with Crippen molar-refractivity contribution >= 4 is 23.6 Å². The van der Waals surface area contributed by atoms with Gasteiger partial charge in [-0.2, -0.15) is 11.8 Å². The van der Waals surface area contributed by atoms with Crippen molar-refractivity contribution in [3.8, 4) is 0 Å². The Kier molecular flexibility index (Phi) is 4.64. The van der Waals surface area contributed by atoms with E-state index < -0.39 is 6.04 Å². The topological polar surface area (TPSA) is 58.2 Å². The summed E-state index contributed by atoms with van der Waals surface area (Å²) in [5.74, 6) is 1.28. The average Bonchev–Trinajstić information content (AvgIpc) is 2.62. The molecule has 0 radical (unpaired) electrons. The van der Waals surface area contributed by atoms with Gasteiger partial charge >= 0.3 is 0 Å². The van der Waals surface area contributed by atoms with E-state index in [4.69, 9.17) is 0 Å². The predicted molar refractivity (Wildman–Crippen MR) is 72.2 cm³/mol. The van der Waals surface area contributed by atoms with Gasteiger partial charge in [-0.25, -0.2) is 0 Å². The minimum Gasteiger partial charge on any atom is -0.350 e. The minimum absolute atomic E-state index is 0.0418. The van der Waals surface area contributed by atoms with E-state index in [-0.39, 0.29) is 11.8 Å². The molecule has 18 heavy (non-hydrogen) atoms. The summed E-state index contributed by atoms with van der Waals surface area (Å²) < 4.78 is 0. The lowest BCUT2D eigenvalue weighted by Crippen LogP contribution is -2.47. The second kappa shape index (κ2) is 6.44. The molecule has 2 amide bonds. The molecule has 1 aliphatic rings. The molecule has 0 aliphatic carbocycles. The first-order valence-electron chi connectivity index (χ1n) is 5.94. The van der Waals surface area contributed by atoms with Crippen LogP contribution < -0.4 is 10.6 Å². The number of benzene rings is 1. The van der Waals surface area contributed by atoms with Crippen LogP contribution in [0.5, 0.6) is 0 Å². The van der Waals surface area contributed by atoms with Crippen LogP contribution in [0.2, 0.25) is 0 Å². The zero-order chi connectivity index (χ0) is 12.8. The Balaban J connectivity index is 1.85. The van der Waals surface area contributed by atoms with E-state index in [2.05, 4.69) is 10.6 Å². The van der Waals surface area contributed by atoms with Gasteiger partial charge in [-0.15, -0.1) is 0 Å². The van der Waals surface area contributed by atoms with Crippen molar-refractivity contribution in [3.63, 3.8) is 0 Å². The molecule has 1 aromatic rings. The number of amides is 2. The second-order valence-electron chi connectivity index (χ2n) is 4.15. The van der Waals surface area contributed by atoms with Crippen molar-refractivity contribution in [2.24, 2.45) is 0 Å². The number of hydrogen-bond donors (Lipinski definition) is 2. The third-order valence-corrected chi connectivity index (χ3v) is 3.78. The van der Waals surface area contributed by atoms with Crippen molar-refractivity contribution in [3.05, 3.63) is 35.9 Å². The highest BCUT2D eigenvalue weighted by Gasteiger charge is 2.22. The van der Waals surface area contributed by atoms with Crippen LogP contribution in [0.4, 0.5) is 0 Å². The molecule has 0 bridgehead atoms. The maximum Gasteiger partial charge on any atom is 0.243 e. The smallest absolute Gasteiger partial charge is 0.243 e. The van der Waals surface area contributed by atoms with Gasteiger partial charge in [0.2, 0.25) is 11.8 Å². The van der Waals surface area contributed by atoms with Gasteiger partial charge in [-0.1, -0.05) is 30.3 Å². The molecular formula is C13H16N2O2S. The quantitative estimate of drug-likeness (QED) is 0.853. The lowest BCUT2D eigenvalue weighted by molar-refractivity contribution is -0.128. The molecule has 2 N–H and O–H groups in total. The SMILES string of the molecule is O=C1CCSC[C@H](C(=O)NCc2ccccc2)N1. The standard InChI is InChI=1S/C13H16N2O2S/c16-12-6-7-18-9-11(15-12)13(17)14-8-10-4-2-1-3-5-10/h1-5,11H,6-9H2,(H,14,17)(H,15,16)/t11-/m1/s1. The third-order valence-electron chi connectivity index (χ3n) is 2.72. The number of hydrogen-bond acceptors (Lipinski definition) is 3. The molecule has 96 valence electrons. The number of rotatable bonds is 3. The normalized spacial score (nSPS) is 19.8. The van der Waals surface area contributed by atoms with E-state index in [0.717, 1.165) is 11.3 Å². The first-order chi connectivity index (χ1) is 8.75. The van der Waals surface area contributed by atoms with Crippen LogP contribution in [-0.4, -0.2) is 29.4 Å². The molecule has 0 saturated carbocycles. The maximum absolute atomic E-state index is 11.9. The Morgan fingerprint density at radius 1 is 1.39 bits per heavy atom. The highest BCUT2D eigenvalue weighted by Crippen LogP contribution is 2.10. The van der Waals surface area contributed by atoms with E-state index >= 15 is 0 Å². The van der Waals surface area contributed by atoms with Crippen LogP contribution in [0, 0.1) is 0 Å². The number of nitrogens with one attached hydrogen (secondary N) is 2. The molecule has 2 rings (SSSR count). The van der Waals surface area contributed by atoms with Crippen LogP contribution in [-0.2, 0) is 16.1 Å². The minimum atomic E-state index is -0.409. The molecule has 0 unspecified atom stereocenters. The van der Waals surface area contributed by atoms with Crippen LogP contribution in [0.1, 0.15) is 12.0 Å². The van der Waals surface area contributed by atoms with Gasteiger partial charge < -0.3 is 10.6 Å². The van der Waals surface area contributed by atoms with E-state index in [1.54, 1.807) is 11.8 Å². The van der Waals surface area contributed by atoms with Gasteiger partial charge in [0.1, 0.15) is 6.04 Å². The summed E-state index contributed by atoms with van der Waals surface area (Å²) in [5.41, 5.74) is 1.05. The summed E-state index contributed by atoms with van der Waals surface area (Å²) >= 11 is 1.63. The van der Waals surface area contributed by atoms with Crippen LogP contribution in [0.25, 0.3) is 0 Å². The van der Waals surface area contributed by atoms with Gasteiger partial charge in [0.25, 0.3) is 0 Å². The fraction of sp³-hybridized carbons (Fsp3) is 0.385. The molecule has 1 fully saturated rings.